The number of nitrogens with one attached hydrogen (secondary N) is 3. The zero-order chi connectivity index (χ0) is 24.3. The van der Waals surface area contributed by atoms with Crippen molar-refractivity contribution in [1.29, 1.82) is 0 Å². The number of primary amides is 1. The molecule has 0 heterocycles. The summed E-state index contributed by atoms with van der Waals surface area (Å²) in [5.41, 5.74) is 10.5. The number of hydrogen-bond donors (Lipinski definition) is 8. The van der Waals surface area contributed by atoms with Crippen molar-refractivity contribution in [1.82, 2.24) is 16.0 Å². The van der Waals surface area contributed by atoms with E-state index in [1.54, 1.807) is 13.8 Å². The van der Waals surface area contributed by atoms with Crippen LogP contribution in [0.15, 0.2) is 0 Å². The predicted molar refractivity (Wildman–Crippen MR) is 108 cm³/mol. The monoisotopic (exact) mass is 447 g/mol. The molecule has 0 aliphatic rings. The standard InChI is InChI=1S/C18H33N5O8/c1-4-8(2)13(18(30)31)22-16(28)11(5-6-12(20)26)21-17(29)14(9(3)25)23-15(27)10(19)7-24/h8-11,13-14,24-25H,4-7,19H2,1-3H3,(H2,20,26)(H,21,29)(H,22,28)(H,23,27)(H,30,31). The van der Waals surface area contributed by atoms with E-state index < -0.39 is 72.4 Å². The Labute approximate surface area is 179 Å². The van der Waals surface area contributed by atoms with E-state index in [1.807, 2.05) is 0 Å². The van der Waals surface area contributed by atoms with Crippen LogP contribution < -0.4 is 27.4 Å². The smallest absolute Gasteiger partial charge is 0.326 e. The molecule has 0 aromatic carbocycles. The quantitative estimate of drug-likeness (QED) is 0.132. The van der Waals surface area contributed by atoms with E-state index in [2.05, 4.69) is 16.0 Å². The molecule has 0 saturated heterocycles. The van der Waals surface area contributed by atoms with Crippen LogP contribution in [-0.2, 0) is 24.0 Å². The van der Waals surface area contributed by atoms with E-state index in [9.17, 15) is 34.2 Å². The fourth-order valence-electron chi connectivity index (χ4n) is 2.50. The van der Waals surface area contributed by atoms with Crippen LogP contribution in [0.1, 0.15) is 40.0 Å². The maximum atomic E-state index is 12.7. The zero-order valence-corrected chi connectivity index (χ0v) is 17.8. The first-order chi connectivity index (χ1) is 14.3. The lowest BCUT2D eigenvalue weighted by Gasteiger charge is -2.27. The van der Waals surface area contributed by atoms with Crippen LogP contribution in [0.3, 0.4) is 0 Å². The highest BCUT2D eigenvalue weighted by Gasteiger charge is 2.33. The molecular weight excluding hydrogens is 414 g/mol. The van der Waals surface area contributed by atoms with Gasteiger partial charge < -0.3 is 42.7 Å². The molecule has 0 spiro atoms. The summed E-state index contributed by atoms with van der Waals surface area (Å²) >= 11 is 0. The van der Waals surface area contributed by atoms with Gasteiger partial charge in [-0.3, -0.25) is 19.2 Å². The van der Waals surface area contributed by atoms with Gasteiger partial charge in [0.25, 0.3) is 0 Å². The lowest BCUT2D eigenvalue weighted by Crippen LogP contribution is -2.60. The molecule has 13 nitrogen and oxygen atoms in total. The molecule has 0 aliphatic carbocycles. The van der Waals surface area contributed by atoms with Crippen LogP contribution in [0.5, 0.6) is 0 Å². The number of hydrogen-bond acceptors (Lipinski definition) is 8. The van der Waals surface area contributed by atoms with E-state index in [0.29, 0.717) is 6.42 Å². The Balaban J connectivity index is 5.52. The Bertz CT molecular complexity index is 657. The van der Waals surface area contributed by atoms with Crippen LogP contribution in [0, 0.1) is 5.92 Å². The van der Waals surface area contributed by atoms with Gasteiger partial charge in [-0.15, -0.1) is 0 Å². The number of nitrogens with two attached hydrogens (primary N) is 2. The number of carboxylic acid groups (broad SMARTS) is 1. The van der Waals surface area contributed by atoms with E-state index in [-0.39, 0.29) is 12.8 Å². The van der Waals surface area contributed by atoms with Gasteiger partial charge in [0.15, 0.2) is 0 Å². The molecule has 31 heavy (non-hydrogen) atoms. The average Bonchev–Trinajstić information content (AvgIpc) is 2.70. The molecule has 0 aromatic heterocycles. The first-order valence-electron chi connectivity index (χ1n) is 9.82. The highest BCUT2D eigenvalue weighted by Crippen LogP contribution is 2.09. The van der Waals surface area contributed by atoms with Crippen molar-refractivity contribution in [2.24, 2.45) is 17.4 Å². The number of rotatable bonds is 14. The van der Waals surface area contributed by atoms with Crippen molar-refractivity contribution in [3.8, 4) is 0 Å². The second kappa shape index (κ2) is 13.5. The van der Waals surface area contributed by atoms with Crippen LogP contribution in [-0.4, -0.2) is 81.8 Å². The normalized spacial score (nSPS) is 16.7. The van der Waals surface area contributed by atoms with E-state index >= 15 is 0 Å². The lowest BCUT2D eigenvalue weighted by atomic mass is 9.98. The van der Waals surface area contributed by atoms with E-state index in [1.165, 1.54) is 6.92 Å². The van der Waals surface area contributed by atoms with Crippen molar-refractivity contribution >= 4 is 29.6 Å². The fraction of sp³-hybridized carbons (Fsp3) is 0.722. The second-order valence-corrected chi connectivity index (χ2v) is 7.29. The van der Waals surface area contributed by atoms with Gasteiger partial charge in [-0.25, -0.2) is 4.79 Å². The summed E-state index contributed by atoms with van der Waals surface area (Å²) in [6.07, 6.45) is -1.48. The molecular formula is C18H33N5O8. The van der Waals surface area contributed by atoms with Crippen LogP contribution in [0.4, 0.5) is 0 Å². The van der Waals surface area contributed by atoms with Gasteiger partial charge in [-0.1, -0.05) is 20.3 Å². The predicted octanol–water partition coefficient (Wildman–Crippen LogP) is -3.46. The number of aliphatic hydroxyl groups excluding tert-OH is 2. The van der Waals surface area contributed by atoms with Crippen LogP contribution in [0.25, 0.3) is 0 Å². The Kier molecular flexibility index (Phi) is 12.3. The minimum atomic E-state index is -1.53. The number of carbonyl (C=O) groups excluding carboxylic acids is 4. The molecule has 0 saturated carbocycles. The van der Waals surface area contributed by atoms with Gasteiger partial charge in [0, 0.05) is 6.42 Å². The minimum Gasteiger partial charge on any atom is -0.480 e. The van der Waals surface area contributed by atoms with Crippen molar-refractivity contribution < 1.29 is 39.3 Å². The fourth-order valence-corrected chi connectivity index (χ4v) is 2.50. The summed E-state index contributed by atoms with van der Waals surface area (Å²) in [4.78, 5) is 59.7. The minimum absolute atomic E-state index is 0.240. The molecule has 6 atom stereocenters. The number of carboxylic acids is 1. The molecule has 0 rings (SSSR count). The van der Waals surface area contributed by atoms with Crippen molar-refractivity contribution in [2.45, 2.75) is 70.3 Å². The lowest BCUT2D eigenvalue weighted by molar-refractivity contribution is -0.144. The number of carbonyl (C=O) groups is 5. The van der Waals surface area contributed by atoms with Crippen LogP contribution in [0.2, 0.25) is 0 Å². The molecule has 10 N–H and O–H groups in total. The van der Waals surface area contributed by atoms with Gasteiger partial charge in [-0.2, -0.15) is 0 Å². The summed E-state index contributed by atoms with van der Waals surface area (Å²) in [5, 5.41) is 34.9. The second-order valence-electron chi connectivity index (χ2n) is 7.29. The third-order valence-corrected chi connectivity index (χ3v) is 4.69. The van der Waals surface area contributed by atoms with Gasteiger partial charge in [0.05, 0.1) is 12.7 Å². The molecule has 0 bridgehead atoms. The summed E-state index contributed by atoms with van der Waals surface area (Å²) in [6, 6.07) is -5.47. The summed E-state index contributed by atoms with van der Waals surface area (Å²) in [5.74, 6) is -5.20. The molecule has 0 aliphatic heterocycles. The first kappa shape index (κ1) is 28.2. The molecule has 0 radical (unpaired) electrons. The highest BCUT2D eigenvalue weighted by molar-refractivity contribution is 5.94. The van der Waals surface area contributed by atoms with Crippen molar-refractivity contribution in [2.75, 3.05) is 6.61 Å². The zero-order valence-electron chi connectivity index (χ0n) is 17.8. The highest BCUT2D eigenvalue weighted by atomic mass is 16.4. The van der Waals surface area contributed by atoms with Gasteiger partial charge >= 0.3 is 5.97 Å². The molecule has 0 fully saturated rings. The SMILES string of the molecule is CCC(C)C(NC(=O)C(CCC(N)=O)NC(=O)C(NC(=O)C(N)CO)C(C)O)C(=O)O. The molecule has 6 unspecified atom stereocenters. The topological polar surface area (TPSA) is 234 Å². The maximum absolute atomic E-state index is 12.7. The van der Waals surface area contributed by atoms with E-state index in [0.717, 1.165) is 0 Å². The van der Waals surface area contributed by atoms with Crippen molar-refractivity contribution in [3.05, 3.63) is 0 Å². The Morgan fingerprint density at radius 1 is 0.935 bits per heavy atom. The van der Waals surface area contributed by atoms with Gasteiger partial charge in [-0.05, 0) is 19.3 Å². The Morgan fingerprint density at radius 2 is 1.48 bits per heavy atom. The summed E-state index contributed by atoms with van der Waals surface area (Å²) in [7, 11) is 0. The van der Waals surface area contributed by atoms with Crippen molar-refractivity contribution in [3.63, 3.8) is 0 Å². The summed E-state index contributed by atoms with van der Waals surface area (Å²) < 4.78 is 0. The largest absolute Gasteiger partial charge is 0.480 e. The maximum Gasteiger partial charge on any atom is 0.326 e. The molecule has 0 aromatic rings. The third-order valence-electron chi connectivity index (χ3n) is 4.69. The Hall–Kier alpha value is -2.77. The van der Waals surface area contributed by atoms with Gasteiger partial charge in [0.1, 0.15) is 24.2 Å². The molecule has 13 heteroatoms. The third kappa shape index (κ3) is 9.72. The van der Waals surface area contributed by atoms with E-state index in [4.69, 9.17) is 16.6 Å². The number of aliphatic hydroxyl groups is 2. The Morgan fingerprint density at radius 3 is 1.90 bits per heavy atom. The van der Waals surface area contributed by atoms with Crippen LogP contribution >= 0.6 is 0 Å². The summed E-state index contributed by atoms with van der Waals surface area (Å²) in [6.45, 7) is 3.87. The molecule has 4 amide bonds. The number of amides is 4. The first-order valence-corrected chi connectivity index (χ1v) is 9.82. The van der Waals surface area contributed by atoms with Gasteiger partial charge in [0.2, 0.25) is 23.6 Å². The average molecular weight is 447 g/mol. The molecule has 178 valence electrons. The number of aliphatic carboxylic acids is 1.